The number of aromatic nitrogens is 2. The monoisotopic (exact) mass is 446 g/mol. The fraction of sp³-hybridized carbons (Fsp3) is 0.385. The third kappa shape index (κ3) is 4.79. The molecule has 0 unspecified atom stereocenters. The van der Waals surface area contributed by atoms with Crippen LogP contribution in [-0.4, -0.2) is 54.8 Å². The van der Waals surface area contributed by atoms with Crippen molar-refractivity contribution in [3.05, 3.63) is 70.9 Å². The van der Waals surface area contributed by atoms with Crippen LogP contribution in [0.4, 0.5) is 5.95 Å². The average Bonchev–Trinajstić information content (AvgIpc) is 2.86. The minimum absolute atomic E-state index is 0.653. The summed E-state index contributed by atoms with van der Waals surface area (Å²) in [5.74, 6) is 3.13. The van der Waals surface area contributed by atoms with Crippen molar-refractivity contribution in [1.82, 2.24) is 14.9 Å². The SMILES string of the molecule is COc1ccccc1CN1CCc2nc(N3CCOCC3)nc(Oc3ccccc3C)c2C1. The highest BCUT2D eigenvalue weighted by atomic mass is 16.5. The Bertz CT molecular complexity index is 1110. The molecule has 3 aromatic rings. The Balaban J connectivity index is 1.46. The van der Waals surface area contributed by atoms with Gasteiger partial charge in [-0.1, -0.05) is 36.4 Å². The van der Waals surface area contributed by atoms with Crippen LogP contribution in [0.2, 0.25) is 0 Å². The zero-order chi connectivity index (χ0) is 22.6. The molecule has 2 aliphatic rings. The highest BCUT2D eigenvalue weighted by molar-refractivity contribution is 5.45. The van der Waals surface area contributed by atoms with Gasteiger partial charge in [0.05, 0.1) is 31.6 Å². The summed E-state index contributed by atoms with van der Waals surface area (Å²) in [6, 6.07) is 16.3. The molecule has 0 bridgehead atoms. The van der Waals surface area contributed by atoms with Crippen LogP contribution in [0.1, 0.15) is 22.4 Å². The normalized spacial score (nSPS) is 16.4. The molecule has 0 N–H and O–H groups in total. The molecule has 33 heavy (non-hydrogen) atoms. The Morgan fingerprint density at radius 3 is 2.48 bits per heavy atom. The molecule has 1 fully saturated rings. The van der Waals surface area contributed by atoms with E-state index in [0.717, 1.165) is 73.4 Å². The smallest absolute Gasteiger partial charge is 0.229 e. The van der Waals surface area contributed by atoms with Gasteiger partial charge in [-0.2, -0.15) is 4.98 Å². The second-order valence-electron chi connectivity index (χ2n) is 8.49. The minimum atomic E-state index is 0.653. The van der Waals surface area contributed by atoms with Crippen LogP contribution in [0.5, 0.6) is 17.4 Å². The summed E-state index contributed by atoms with van der Waals surface area (Å²) >= 11 is 0. The van der Waals surface area contributed by atoms with E-state index in [1.165, 1.54) is 5.56 Å². The van der Waals surface area contributed by atoms with Crippen LogP contribution in [-0.2, 0) is 24.2 Å². The average molecular weight is 447 g/mol. The van der Waals surface area contributed by atoms with Crippen LogP contribution in [0.15, 0.2) is 48.5 Å². The molecule has 7 heteroatoms. The molecule has 3 heterocycles. The molecule has 7 nitrogen and oxygen atoms in total. The fourth-order valence-electron chi connectivity index (χ4n) is 4.40. The number of aryl methyl sites for hydroxylation is 1. The van der Waals surface area contributed by atoms with Gasteiger partial charge in [0.2, 0.25) is 11.8 Å². The second kappa shape index (κ2) is 9.77. The van der Waals surface area contributed by atoms with Crippen LogP contribution >= 0.6 is 0 Å². The fourth-order valence-corrected chi connectivity index (χ4v) is 4.40. The molecule has 0 aliphatic carbocycles. The zero-order valence-corrected chi connectivity index (χ0v) is 19.3. The minimum Gasteiger partial charge on any atom is -0.496 e. The summed E-state index contributed by atoms with van der Waals surface area (Å²) in [6.07, 6.45) is 0.856. The number of ether oxygens (including phenoxy) is 3. The van der Waals surface area contributed by atoms with Crippen LogP contribution in [0, 0.1) is 6.92 Å². The number of fused-ring (bicyclic) bond motifs is 1. The number of benzene rings is 2. The van der Waals surface area contributed by atoms with E-state index < -0.39 is 0 Å². The van der Waals surface area contributed by atoms with Crippen LogP contribution < -0.4 is 14.4 Å². The van der Waals surface area contributed by atoms with Gasteiger partial charge in [0, 0.05) is 44.7 Å². The molecule has 0 spiro atoms. The molecule has 1 saturated heterocycles. The van der Waals surface area contributed by atoms with E-state index in [0.29, 0.717) is 19.1 Å². The van der Waals surface area contributed by atoms with Gasteiger partial charge in [0.1, 0.15) is 11.5 Å². The van der Waals surface area contributed by atoms with Crippen LogP contribution in [0.3, 0.4) is 0 Å². The van der Waals surface area contributed by atoms with E-state index in [1.54, 1.807) is 7.11 Å². The standard InChI is InChI=1S/C26H30N4O3/c1-19-7-3-5-9-23(19)33-25-21-18-29(17-20-8-4-6-10-24(20)31-2)12-11-22(21)27-26(28-25)30-13-15-32-16-14-30/h3-10H,11-18H2,1-2H3. The van der Waals surface area contributed by atoms with Gasteiger partial charge in [-0.15, -0.1) is 0 Å². The molecule has 0 atom stereocenters. The molecule has 1 aromatic heterocycles. The number of methoxy groups -OCH3 is 1. The van der Waals surface area contributed by atoms with E-state index in [-0.39, 0.29) is 0 Å². The third-order valence-corrected chi connectivity index (χ3v) is 6.27. The molecular weight excluding hydrogens is 416 g/mol. The summed E-state index contributed by atoms with van der Waals surface area (Å²) in [5, 5.41) is 0. The van der Waals surface area contributed by atoms with Gasteiger partial charge in [-0.05, 0) is 24.6 Å². The first-order valence-electron chi connectivity index (χ1n) is 11.5. The lowest BCUT2D eigenvalue weighted by atomic mass is 10.1. The van der Waals surface area contributed by atoms with Gasteiger partial charge in [-0.25, -0.2) is 4.98 Å². The van der Waals surface area contributed by atoms with Gasteiger partial charge >= 0.3 is 0 Å². The van der Waals surface area contributed by atoms with E-state index in [4.69, 9.17) is 24.2 Å². The third-order valence-electron chi connectivity index (χ3n) is 6.27. The van der Waals surface area contributed by atoms with Crippen LogP contribution in [0.25, 0.3) is 0 Å². The van der Waals surface area contributed by atoms with Crippen molar-refractivity contribution in [2.24, 2.45) is 0 Å². The van der Waals surface area contributed by atoms with E-state index in [2.05, 4.69) is 34.9 Å². The Morgan fingerprint density at radius 1 is 0.939 bits per heavy atom. The number of anilines is 1. The largest absolute Gasteiger partial charge is 0.496 e. The maximum absolute atomic E-state index is 6.42. The molecule has 5 rings (SSSR count). The topological polar surface area (TPSA) is 60.0 Å². The van der Waals surface area contributed by atoms with Gasteiger partial charge in [0.15, 0.2) is 0 Å². The van der Waals surface area contributed by atoms with E-state index in [1.807, 2.05) is 30.3 Å². The Kier molecular flexibility index (Phi) is 6.41. The predicted molar refractivity (Wildman–Crippen MR) is 127 cm³/mol. The molecule has 0 saturated carbocycles. The molecule has 0 radical (unpaired) electrons. The summed E-state index contributed by atoms with van der Waals surface area (Å²) in [7, 11) is 1.72. The molecule has 2 aromatic carbocycles. The Labute approximate surface area is 194 Å². The Morgan fingerprint density at radius 2 is 1.70 bits per heavy atom. The quantitative estimate of drug-likeness (QED) is 0.568. The van der Waals surface area contributed by atoms with Crippen molar-refractivity contribution in [3.8, 4) is 17.4 Å². The zero-order valence-electron chi connectivity index (χ0n) is 19.3. The number of rotatable bonds is 6. The molecular formula is C26H30N4O3. The van der Waals surface area contributed by atoms with Crippen molar-refractivity contribution in [1.29, 1.82) is 0 Å². The number of hydrogen-bond acceptors (Lipinski definition) is 7. The van der Waals surface area contributed by atoms with Crippen molar-refractivity contribution in [2.75, 3.05) is 44.9 Å². The lowest BCUT2D eigenvalue weighted by Crippen LogP contribution is -2.38. The first-order chi connectivity index (χ1) is 16.2. The van der Waals surface area contributed by atoms with Crippen molar-refractivity contribution < 1.29 is 14.2 Å². The lowest BCUT2D eigenvalue weighted by Gasteiger charge is -2.32. The maximum atomic E-state index is 6.42. The number of nitrogens with zero attached hydrogens (tertiary/aromatic N) is 4. The molecule has 0 amide bonds. The van der Waals surface area contributed by atoms with E-state index in [9.17, 15) is 0 Å². The van der Waals surface area contributed by atoms with Crippen molar-refractivity contribution in [3.63, 3.8) is 0 Å². The highest BCUT2D eigenvalue weighted by Crippen LogP contribution is 2.33. The summed E-state index contributed by atoms with van der Waals surface area (Å²) in [6.45, 7) is 7.50. The molecule has 2 aliphatic heterocycles. The second-order valence-corrected chi connectivity index (χ2v) is 8.49. The summed E-state index contributed by atoms with van der Waals surface area (Å²) < 4.78 is 17.5. The van der Waals surface area contributed by atoms with E-state index >= 15 is 0 Å². The summed E-state index contributed by atoms with van der Waals surface area (Å²) in [4.78, 5) is 14.5. The van der Waals surface area contributed by atoms with Crippen molar-refractivity contribution >= 4 is 5.95 Å². The molecule has 172 valence electrons. The number of para-hydroxylation sites is 2. The predicted octanol–water partition coefficient (Wildman–Crippen LogP) is 3.98. The maximum Gasteiger partial charge on any atom is 0.229 e. The lowest BCUT2D eigenvalue weighted by molar-refractivity contribution is 0.122. The first kappa shape index (κ1) is 21.7. The number of hydrogen-bond donors (Lipinski definition) is 0. The summed E-state index contributed by atoms with van der Waals surface area (Å²) in [5.41, 5.74) is 4.40. The van der Waals surface area contributed by atoms with Gasteiger partial charge in [0.25, 0.3) is 0 Å². The number of morpholine rings is 1. The van der Waals surface area contributed by atoms with Crippen molar-refractivity contribution in [2.45, 2.75) is 26.4 Å². The first-order valence-corrected chi connectivity index (χ1v) is 11.5. The van der Waals surface area contributed by atoms with Gasteiger partial charge in [-0.3, -0.25) is 4.90 Å². The van der Waals surface area contributed by atoms with Gasteiger partial charge < -0.3 is 19.1 Å². The highest BCUT2D eigenvalue weighted by Gasteiger charge is 2.26. The Hall–Kier alpha value is -3.16.